The fourth-order valence-corrected chi connectivity index (χ4v) is 2.06. The normalized spacial score (nSPS) is 13.2. The molecule has 1 aromatic heterocycles. The van der Waals surface area contributed by atoms with Gasteiger partial charge in [0.05, 0.1) is 0 Å². The Labute approximate surface area is 115 Å². The van der Waals surface area contributed by atoms with E-state index >= 15 is 0 Å². The van der Waals surface area contributed by atoms with E-state index in [2.05, 4.69) is 9.97 Å². The van der Waals surface area contributed by atoms with Crippen LogP contribution in [0.1, 0.15) is 17.1 Å². The molecule has 0 saturated carbocycles. The molecule has 0 fully saturated rings. The predicted molar refractivity (Wildman–Crippen MR) is 73.3 cm³/mol. The topological polar surface area (TPSA) is 44.2 Å². The van der Waals surface area contributed by atoms with Gasteiger partial charge < -0.3 is 9.47 Å². The Morgan fingerprint density at radius 1 is 1.11 bits per heavy atom. The smallest absolute Gasteiger partial charge is 0.231 e. The van der Waals surface area contributed by atoms with Crippen molar-refractivity contribution < 1.29 is 9.47 Å². The number of fused-ring (bicyclic) bond motifs is 1. The molecule has 1 aromatic carbocycles. The average Bonchev–Trinajstić information content (AvgIpc) is 2.82. The Balaban J connectivity index is 1.86. The number of hydrogen-bond acceptors (Lipinski definition) is 4. The number of benzene rings is 1. The van der Waals surface area contributed by atoms with Gasteiger partial charge in [-0.15, -0.1) is 0 Å². The van der Waals surface area contributed by atoms with E-state index in [4.69, 9.17) is 21.1 Å². The standard InChI is InChI=1S/C14H11ClN2O2/c1-9-6-13(15)17-14(16-9)5-3-10-2-4-11-12(7-10)19-8-18-11/h2-7H,8H2,1H3/b5-3+. The summed E-state index contributed by atoms with van der Waals surface area (Å²) < 4.78 is 10.6. The molecule has 0 spiro atoms. The van der Waals surface area contributed by atoms with Gasteiger partial charge in [0.15, 0.2) is 17.3 Å². The van der Waals surface area contributed by atoms with Gasteiger partial charge in [-0.1, -0.05) is 23.7 Å². The van der Waals surface area contributed by atoms with Gasteiger partial charge in [-0.3, -0.25) is 0 Å². The van der Waals surface area contributed by atoms with Crippen LogP contribution in [0.3, 0.4) is 0 Å². The Hall–Kier alpha value is -2.07. The number of rotatable bonds is 2. The first-order chi connectivity index (χ1) is 9.20. The van der Waals surface area contributed by atoms with Crippen LogP contribution in [-0.2, 0) is 0 Å². The van der Waals surface area contributed by atoms with Gasteiger partial charge in [0.25, 0.3) is 0 Å². The van der Waals surface area contributed by atoms with E-state index in [-0.39, 0.29) is 6.79 Å². The lowest BCUT2D eigenvalue weighted by molar-refractivity contribution is 0.174. The van der Waals surface area contributed by atoms with Crippen LogP contribution in [0.2, 0.25) is 5.15 Å². The summed E-state index contributed by atoms with van der Waals surface area (Å²) in [6.45, 7) is 2.16. The van der Waals surface area contributed by atoms with Gasteiger partial charge in [-0.25, -0.2) is 9.97 Å². The molecule has 2 aromatic rings. The van der Waals surface area contributed by atoms with Crippen LogP contribution in [0.4, 0.5) is 0 Å². The number of nitrogens with zero attached hydrogens (tertiary/aromatic N) is 2. The summed E-state index contributed by atoms with van der Waals surface area (Å²) in [5.74, 6) is 2.11. The minimum absolute atomic E-state index is 0.277. The highest BCUT2D eigenvalue weighted by Gasteiger charge is 2.12. The van der Waals surface area contributed by atoms with E-state index in [0.717, 1.165) is 22.8 Å². The van der Waals surface area contributed by atoms with E-state index in [1.54, 1.807) is 6.07 Å². The molecule has 96 valence electrons. The van der Waals surface area contributed by atoms with Crippen molar-refractivity contribution in [1.29, 1.82) is 0 Å². The summed E-state index contributed by atoms with van der Waals surface area (Å²) in [5.41, 5.74) is 1.83. The molecule has 5 heteroatoms. The van der Waals surface area contributed by atoms with E-state index < -0.39 is 0 Å². The SMILES string of the molecule is Cc1cc(Cl)nc(/C=C/c2ccc3c(c2)OCO3)n1. The second-order valence-electron chi connectivity index (χ2n) is 4.14. The molecule has 0 atom stereocenters. The van der Waals surface area contributed by atoms with Crippen LogP contribution < -0.4 is 9.47 Å². The molecule has 4 nitrogen and oxygen atoms in total. The molecule has 0 saturated heterocycles. The van der Waals surface area contributed by atoms with Crippen molar-refractivity contribution in [1.82, 2.24) is 9.97 Å². The predicted octanol–water partition coefficient (Wildman–Crippen LogP) is 3.34. The first-order valence-electron chi connectivity index (χ1n) is 5.80. The number of aromatic nitrogens is 2. The summed E-state index contributed by atoms with van der Waals surface area (Å²) >= 11 is 5.89. The van der Waals surface area contributed by atoms with Gasteiger partial charge in [0.1, 0.15) is 5.15 Å². The molecule has 19 heavy (non-hydrogen) atoms. The summed E-state index contributed by atoms with van der Waals surface area (Å²) in [7, 11) is 0. The lowest BCUT2D eigenvalue weighted by atomic mass is 10.2. The maximum absolute atomic E-state index is 5.89. The molecule has 0 amide bonds. The van der Waals surface area contributed by atoms with Crippen molar-refractivity contribution in [3.8, 4) is 11.5 Å². The van der Waals surface area contributed by atoms with Gasteiger partial charge in [0, 0.05) is 5.69 Å². The average molecular weight is 275 g/mol. The van der Waals surface area contributed by atoms with Gasteiger partial charge in [-0.2, -0.15) is 0 Å². The monoisotopic (exact) mass is 274 g/mol. The van der Waals surface area contributed by atoms with Crippen LogP contribution in [0.25, 0.3) is 12.2 Å². The zero-order valence-electron chi connectivity index (χ0n) is 10.3. The summed E-state index contributed by atoms with van der Waals surface area (Å²) in [6.07, 6.45) is 3.73. The van der Waals surface area contributed by atoms with Crippen LogP contribution in [0.5, 0.6) is 11.5 Å². The summed E-state index contributed by atoms with van der Waals surface area (Å²) in [4.78, 5) is 8.42. The number of hydrogen-bond donors (Lipinski definition) is 0. The fraction of sp³-hybridized carbons (Fsp3) is 0.143. The zero-order valence-corrected chi connectivity index (χ0v) is 11.0. The van der Waals surface area contributed by atoms with E-state index in [0.29, 0.717) is 11.0 Å². The lowest BCUT2D eigenvalue weighted by Gasteiger charge is -1.99. The number of ether oxygens (including phenoxy) is 2. The van der Waals surface area contributed by atoms with E-state index in [1.807, 2.05) is 37.3 Å². The Morgan fingerprint density at radius 2 is 1.95 bits per heavy atom. The van der Waals surface area contributed by atoms with Crippen LogP contribution >= 0.6 is 11.6 Å². The molecule has 3 rings (SSSR count). The molecule has 1 aliphatic heterocycles. The van der Waals surface area contributed by atoms with Crippen molar-refractivity contribution in [2.24, 2.45) is 0 Å². The second kappa shape index (κ2) is 4.90. The Kier molecular flexibility index (Phi) is 3.09. The van der Waals surface area contributed by atoms with Gasteiger partial charge in [-0.05, 0) is 36.8 Å². The number of halogens is 1. The van der Waals surface area contributed by atoms with Crippen LogP contribution in [0, 0.1) is 6.92 Å². The maximum Gasteiger partial charge on any atom is 0.231 e. The molecule has 0 unspecified atom stereocenters. The first kappa shape index (κ1) is 12.0. The highest BCUT2D eigenvalue weighted by Crippen LogP contribution is 2.32. The fourth-order valence-electron chi connectivity index (χ4n) is 1.81. The lowest BCUT2D eigenvalue weighted by Crippen LogP contribution is -1.92. The molecule has 0 N–H and O–H groups in total. The molecule has 0 radical (unpaired) electrons. The van der Waals surface area contributed by atoms with E-state index in [1.165, 1.54) is 0 Å². The molecule has 0 bridgehead atoms. The minimum Gasteiger partial charge on any atom is -0.454 e. The Bertz CT molecular complexity index is 636. The highest BCUT2D eigenvalue weighted by atomic mass is 35.5. The van der Waals surface area contributed by atoms with Gasteiger partial charge in [0.2, 0.25) is 6.79 Å². The van der Waals surface area contributed by atoms with Crippen molar-refractivity contribution in [3.63, 3.8) is 0 Å². The zero-order chi connectivity index (χ0) is 13.2. The highest BCUT2D eigenvalue weighted by molar-refractivity contribution is 6.29. The molecule has 0 aliphatic carbocycles. The molecule has 1 aliphatic rings. The molecular weight excluding hydrogens is 264 g/mol. The third-order valence-corrected chi connectivity index (χ3v) is 2.86. The third kappa shape index (κ3) is 2.69. The van der Waals surface area contributed by atoms with E-state index in [9.17, 15) is 0 Å². The quantitative estimate of drug-likeness (QED) is 0.788. The number of aryl methyl sites for hydroxylation is 1. The maximum atomic E-state index is 5.89. The van der Waals surface area contributed by atoms with Crippen LogP contribution in [0.15, 0.2) is 24.3 Å². The van der Waals surface area contributed by atoms with Crippen molar-refractivity contribution in [2.45, 2.75) is 6.92 Å². The van der Waals surface area contributed by atoms with Crippen molar-refractivity contribution >= 4 is 23.8 Å². The van der Waals surface area contributed by atoms with Crippen molar-refractivity contribution in [2.75, 3.05) is 6.79 Å². The molecular formula is C14H11ClN2O2. The first-order valence-corrected chi connectivity index (χ1v) is 6.17. The minimum atomic E-state index is 0.277. The van der Waals surface area contributed by atoms with Gasteiger partial charge >= 0.3 is 0 Å². The second-order valence-corrected chi connectivity index (χ2v) is 4.52. The molecule has 2 heterocycles. The summed E-state index contributed by atoms with van der Waals surface area (Å²) in [5, 5.41) is 0.442. The van der Waals surface area contributed by atoms with Crippen molar-refractivity contribution in [3.05, 3.63) is 46.5 Å². The Morgan fingerprint density at radius 3 is 2.79 bits per heavy atom. The largest absolute Gasteiger partial charge is 0.454 e. The summed E-state index contributed by atoms with van der Waals surface area (Å²) in [6, 6.07) is 7.46. The third-order valence-electron chi connectivity index (χ3n) is 2.66. The van der Waals surface area contributed by atoms with Crippen LogP contribution in [-0.4, -0.2) is 16.8 Å².